The molecule has 2 saturated heterocycles. The third-order valence-electron chi connectivity index (χ3n) is 3.22. The first kappa shape index (κ1) is 12.3. The van der Waals surface area contributed by atoms with E-state index in [4.69, 9.17) is 14.6 Å². The Bertz CT molecular complexity index is 259. The minimum atomic E-state index is -0.508. The average molecular weight is 229 g/mol. The van der Waals surface area contributed by atoms with Gasteiger partial charge in [-0.1, -0.05) is 0 Å². The number of hydrogen-bond donors (Lipinski definition) is 2. The zero-order valence-electron chi connectivity index (χ0n) is 10.7. The molecular weight excluding hydrogens is 206 g/mol. The van der Waals surface area contributed by atoms with Crippen molar-refractivity contribution in [2.45, 2.75) is 63.5 Å². The number of nitrogens with one attached hydrogen (secondary N) is 1. The van der Waals surface area contributed by atoms with Crippen LogP contribution in [-0.2, 0) is 9.47 Å². The van der Waals surface area contributed by atoms with Crippen LogP contribution in [-0.4, -0.2) is 41.3 Å². The molecule has 0 aromatic carbocycles. The van der Waals surface area contributed by atoms with Crippen LogP contribution in [0.2, 0.25) is 0 Å². The minimum Gasteiger partial charge on any atom is -0.394 e. The first-order valence-electron chi connectivity index (χ1n) is 5.98. The van der Waals surface area contributed by atoms with Gasteiger partial charge in [-0.25, -0.2) is 0 Å². The van der Waals surface area contributed by atoms with Gasteiger partial charge in [0.15, 0.2) is 5.79 Å². The highest BCUT2D eigenvalue weighted by atomic mass is 16.7. The molecule has 0 saturated carbocycles. The van der Waals surface area contributed by atoms with Crippen LogP contribution in [0.5, 0.6) is 0 Å². The van der Waals surface area contributed by atoms with Gasteiger partial charge >= 0.3 is 0 Å². The van der Waals surface area contributed by atoms with Crippen molar-refractivity contribution in [3.8, 4) is 0 Å². The molecule has 0 amide bonds. The van der Waals surface area contributed by atoms with Gasteiger partial charge in [-0.05, 0) is 27.7 Å². The van der Waals surface area contributed by atoms with Crippen LogP contribution >= 0.6 is 0 Å². The van der Waals surface area contributed by atoms with E-state index in [1.807, 2.05) is 0 Å². The third-order valence-corrected chi connectivity index (χ3v) is 3.22. The molecule has 0 aromatic heterocycles. The van der Waals surface area contributed by atoms with E-state index < -0.39 is 5.79 Å². The van der Waals surface area contributed by atoms with Crippen molar-refractivity contribution in [3.63, 3.8) is 0 Å². The summed E-state index contributed by atoms with van der Waals surface area (Å²) in [6, 6.07) is 0. The lowest BCUT2D eigenvalue weighted by Crippen LogP contribution is -2.63. The van der Waals surface area contributed by atoms with E-state index in [1.54, 1.807) is 0 Å². The summed E-state index contributed by atoms with van der Waals surface area (Å²) in [7, 11) is 0. The van der Waals surface area contributed by atoms with Crippen molar-refractivity contribution < 1.29 is 14.6 Å². The molecule has 2 fully saturated rings. The molecular formula is C12H23NO3. The van der Waals surface area contributed by atoms with Crippen molar-refractivity contribution in [2.24, 2.45) is 0 Å². The van der Waals surface area contributed by atoms with Gasteiger partial charge in [0.25, 0.3) is 0 Å². The lowest BCUT2D eigenvalue weighted by atomic mass is 9.79. The molecule has 16 heavy (non-hydrogen) atoms. The smallest absolute Gasteiger partial charge is 0.172 e. The summed E-state index contributed by atoms with van der Waals surface area (Å²) >= 11 is 0. The quantitative estimate of drug-likeness (QED) is 0.705. The van der Waals surface area contributed by atoms with Crippen LogP contribution in [0, 0.1) is 0 Å². The Labute approximate surface area is 97.3 Å². The fourth-order valence-electron chi connectivity index (χ4n) is 3.31. The normalized spacial score (nSPS) is 35.4. The molecule has 94 valence electrons. The number of rotatable bonds is 1. The molecule has 0 aromatic rings. The molecule has 0 radical (unpaired) electrons. The molecule has 2 N–H and O–H groups in total. The minimum absolute atomic E-state index is 0.00784. The number of hydrogen-bond acceptors (Lipinski definition) is 4. The van der Waals surface area contributed by atoms with Gasteiger partial charge in [-0.15, -0.1) is 0 Å². The number of piperidine rings is 1. The van der Waals surface area contributed by atoms with Gasteiger partial charge in [0.05, 0.1) is 13.2 Å². The Morgan fingerprint density at radius 2 is 1.75 bits per heavy atom. The molecule has 2 rings (SSSR count). The van der Waals surface area contributed by atoms with Crippen LogP contribution in [0.25, 0.3) is 0 Å². The fraction of sp³-hybridized carbons (Fsp3) is 1.00. The standard InChI is InChI=1S/C12H23NO3/c1-10(2)7-12(8-11(3,4)13-10)15-6-9(5-14)16-12/h9,13-14H,5-8H2,1-4H3/t9-/m0/s1. The van der Waals surface area contributed by atoms with E-state index in [-0.39, 0.29) is 23.8 Å². The maximum absolute atomic E-state index is 9.12. The molecule has 4 nitrogen and oxygen atoms in total. The van der Waals surface area contributed by atoms with Gasteiger partial charge in [-0.2, -0.15) is 0 Å². The van der Waals surface area contributed by atoms with E-state index in [0.29, 0.717) is 6.61 Å². The predicted octanol–water partition coefficient (Wildman–Crippen LogP) is 1.03. The topological polar surface area (TPSA) is 50.7 Å². The first-order chi connectivity index (χ1) is 7.26. The van der Waals surface area contributed by atoms with Crippen LogP contribution in [0.4, 0.5) is 0 Å². The molecule has 2 aliphatic heterocycles. The third kappa shape index (κ3) is 2.40. The van der Waals surface area contributed by atoms with Gasteiger partial charge in [-0.3, -0.25) is 0 Å². The zero-order chi connectivity index (χ0) is 12.0. The second-order valence-electron chi connectivity index (χ2n) is 6.39. The average Bonchev–Trinajstić information content (AvgIpc) is 2.41. The van der Waals surface area contributed by atoms with E-state index in [1.165, 1.54) is 0 Å². The summed E-state index contributed by atoms with van der Waals surface area (Å²) in [6.07, 6.45) is 1.48. The van der Waals surface area contributed by atoms with Crippen molar-refractivity contribution in [1.29, 1.82) is 0 Å². The number of aliphatic hydroxyl groups is 1. The molecule has 1 atom stereocenters. The molecule has 2 aliphatic rings. The maximum Gasteiger partial charge on any atom is 0.172 e. The Hall–Kier alpha value is -0.160. The summed E-state index contributed by atoms with van der Waals surface area (Å²) in [5.74, 6) is -0.508. The molecule has 1 spiro atoms. The van der Waals surface area contributed by atoms with Gasteiger partial charge < -0.3 is 19.9 Å². The van der Waals surface area contributed by atoms with Crippen LogP contribution in [0.3, 0.4) is 0 Å². The zero-order valence-corrected chi connectivity index (χ0v) is 10.7. The van der Waals surface area contributed by atoms with Crippen LogP contribution in [0.1, 0.15) is 40.5 Å². The highest BCUT2D eigenvalue weighted by Crippen LogP contribution is 2.42. The van der Waals surface area contributed by atoms with E-state index in [2.05, 4.69) is 33.0 Å². The van der Waals surface area contributed by atoms with Gasteiger partial charge in [0.1, 0.15) is 6.10 Å². The highest BCUT2D eigenvalue weighted by Gasteiger charge is 2.52. The van der Waals surface area contributed by atoms with Crippen LogP contribution < -0.4 is 5.32 Å². The Balaban J connectivity index is 2.16. The van der Waals surface area contributed by atoms with Crippen molar-refractivity contribution >= 4 is 0 Å². The second-order valence-corrected chi connectivity index (χ2v) is 6.39. The van der Waals surface area contributed by atoms with E-state index in [9.17, 15) is 0 Å². The summed E-state index contributed by atoms with van der Waals surface area (Å²) in [5, 5.41) is 12.7. The lowest BCUT2D eigenvalue weighted by molar-refractivity contribution is -0.216. The fourth-order valence-corrected chi connectivity index (χ4v) is 3.31. The summed E-state index contributed by atoms with van der Waals surface area (Å²) in [4.78, 5) is 0. The Morgan fingerprint density at radius 1 is 1.19 bits per heavy atom. The molecule has 4 heteroatoms. The van der Waals surface area contributed by atoms with Gasteiger partial charge in [0.2, 0.25) is 0 Å². The monoisotopic (exact) mass is 229 g/mol. The SMILES string of the molecule is CC1(C)CC2(CC(C)(C)N1)OC[C@H](CO)O2. The maximum atomic E-state index is 9.12. The highest BCUT2D eigenvalue weighted by molar-refractivity contribution is 5.03. The van der Waals surface area contributed by atoms with E-state index in [0.717, 1.165) is 12.8 Å². The largest absolute Gasteiger partial charge is 0.394 e. The number of aliphatic hydroxyl groups excluding tert-OH is 1. The summed E-state index contributed by atoms with van der Waals surface area (Å²) in [5.41, 5.74) is -0.0157. The predicted molar refractivity (Wildman–Crippen MR) is 61.2 cm³/mol. The molecule has 2 heterocycles. The van der Waals surface area contributed by atoms with E-state index >= 15 is 0 Å². The molecule has 0 aliphatic carbocycles. The molecule has 0 unspecified atom stereocenters. The second kappa shape index (κ2) is 3.67. The van der Waals surface area contributed by atoms with Crippen molar-refractivity contribution in [1.82, 2.24) is 5.32 Å². The summed E-state index contributed by atoms with van der Waals surface area (Å²) < 4.78 is 11.7. The Kier molecular flexibility index (Phi) is 2.82. The van der Waals surface area contributed by atoms with Gasteiger partial charge in [0, 0.05) is 23.9 Å². The van der Waals surface area contributed by atoms with Crippen molar-refractivity contribution in [3.05, 3.63) is 0 Å². The first-order valence-corrected chi connectivity index (χ1v) is 5.98. The summed E-state index contributed by atoms with van der Waals surface area (Å²) in [6.45, 7) is 9.19. The molecule has 0 bridgehead atoms. The van der Waals surface area contributed by atoms with Crippen molar-refractivity contribution in [2.75, 3.05) is 13.2 Å². The lowest BCUT2D eigenvalue weighted by Gasteiger charge is -2.50. The Morgan fingerprint density at radius 3 is 2.19 bits per heavy atom. The van der Waals surface area contributed by atoms with Crippen LogP contribution in [0.15, 0.2) is 0 Å². The number of ether oxygens (including phenoxy) is 2.